The lowest BCUT2D eigenvalue weighted by Gasteiger charge is -2.08. The maximum Gasteiger partial charge on any atom is 0.288 e. The van der Waals surface area contributed by atoms with Crippen LogP contribution in [0.1, 0.15) is 11.1 Å². The topological polar surface area (TPSA) is 91.3 Å². The third kappa shape index (κ3) is 3.05. The van der Waals surface area contributed by atoms with E-state index in [1.54, 1.807) is 13.0 Å². The molecule has 1 heterocycles. The summed E-state index contributed by atoms with van der Waals surface area (Å²) in [6.45, 7) is 2.13. The number of aromatic nitrogens is 1. The summed E-state index contributed by atoms with van der Waals surface area (Å²) in [4.78, 5) is 14.1. The van der Waals surface area contributed by atoms with Crippen molar-refractivity contribution in [2.75, 3.05) is 0 Å². The van der Waals surface area contributed by atoms with Gasteiger partial charge in [-0.25, -0.2) is 4.98 Å². The molecule has 0 spiro atoms. The van der Waals surface area contributed by atoms with Gasteiger partial charge >= 0.3 is 0 Å². The Hall–Kier alpha value is -2.47. The Kier molecular flexibility index (Phi) is 3.72. The first-order chi connectivity index (χ1) is 9.10. The summed E-state index contributed by atoms with van der Waals surface area (Å²) in [5.74, 6) is 0.951. The van der Waals surface area contributed by atoms with Crippen molar-refractivity contribution in [3.63, 3.8) is 0 Å². The van der Waals surface area contributed by atoms with Gasteiger partial charge in [-0.15, -0.1) is 0 Å². The summed E-state index contributed by atoms with van der Waals surface area (Å²) in [6.07, 6.45) is 1.18. The molecule has 0 saturated heterocycles. The summed E-state index contributed by atoms with van der Waals surface area (Å²) >= 11 is 0. The molecule has 0 aliphatic heterocycles. The molecule has 0 bridgehead atoms. The fourth-order valence-electron chi connectivity index (χ4n) is 1.60. The van der Waals surface area contributed by atoms with Crippen molar-refractivity contribution in [1.29, 1.82) is 0 Å². The number of ether oxygens (including phenoxy) is 1. The molecule has 6 nitrogen and oxygen atoms in total. The predicted octanol–water partition coefficient (Wildman–Crippen LogP) is 2.55. The van der Waals surface area contributed by atoms with E-state index in [-0.39, 0.29) is 5.69 Å². The van der Waals surface area contributed by atoms with Crippen molar-refractivity contribution >= 4 is 5.69 Å². The molecule has 0 unspecified atom stereocenters. The van der Waals surface area contributed by atoms with E-state index in [0.29, 0.717) is 23.7 Å². The molecule has 2 rings (SSSR count). The molecular weight excluding hydrogens is 246 g/mol. The van der Waals surface area contributed by atoms with Gasteiger partial charge in [0.1, 0.15) is 11.9 Å². The van der Waals surface area contributed by atoms with Crippen LogP contribution in [0.15, 0.2) is 36.5 Å². The van der Waals surface area contributed by atoms with Crippen LogP contribution in [-0.4, -0.2) is 9.91 Å². The SMILES string of the molecule is Cc1cc([N+](=O)[O-])cnc1Oc1cccc(CN)c1. The van der Waals surface area contributed by atoms with E-state index in [9.17, 15) is 10.1 Å². The van der Waals surface area contributed by atoms with Gasteiger partial charge in [-0.2, -0.15) is 0 Å². The highest BCUT2D eigenvalue weighted by atomic mass is 16.6. The molecule has 0 fully saturated rings. The Bertz CT molecular complexity index is 614. The number of aryl methyl sites for hydroxylation is 1. The number of pyridine rings is 1. The summed E-state index contributed by atoms with van der Waals surface area (Å²) in [5.41, 5.74) is 7.04. The molecule has 19 heavy (non-hydrogen) atoms. The molecule has 0 saturated carbocycles. The fourth-order valence-corrected chi connectivity index (χ4v) is 1.60. The predicted molar refractivity (Wildman–Crippen MR) is 70.0 cm³/mol. The smallest absolute Gasteiger partial charge is 0.288 e. The lowest BCUT2D eigenvalue weighted by Crippen LogP contribution is -1.97. The monoisotopic (exact) mass is 259 g/mol. The number of hydrogen-bond donors (Lipinski definition) is 1. The van der Waals surface area contributed by atoms with Gasteiger partial charge in [0, 0.05) is 18.2 Å². The van der Waals surface area contributed by atoms with Crippen LogP contribution in [0.5, 0.6) is 11.6 Å². The van der Waals surface area contributed by atoms with Crippen molar-refractivity contribution < 1.29 is 9.66 Å². The van der Waals surface area contributed by atoms with E-state index in [2.05, 4.69) is 4.98 Å². The van der Waals surface area contributed by atoms with Crippen LogP contribution in [0, 0.1) is 17.0 Å². The second kappa shape index (κ2) is 5.45. The first-order valence-corrected chi connectivity index (χ1v) is 5.68. The van der Waals surface area contributed by atoms with E-state index in [1.165, 1.54) is 12.3 Å². The summed E-state index contributed by atoms with van der Waals surface area (Å²) in [5, 5.41) is 10.6. The molecule has 6 heteroatoms. The molecule has 0 aliphatic rings. The first-order valence-electron chi connectivity index (χ1n) is 5.68. The zero-order valence-electron chi connectivity index (χ0n) is 10.4. The number of nitrogens with zero attached hydrogens (tertiary/aromatic N) is 2. The molecule has 2 aromatic rings. The Labute approximate surface area is 110 Å². The molecule has 2 N–H and O–H groups in total. The number of rotatable bonds is 4. The average molecular weight is 259 g/mol. The second-order valence-corrected chi connectivity index (χ2v) is 4.03. The highest BCUT2D eigenvalue weighted by Crippen LogP contribution is 2.25. The summed E-state index contributed by atoms with van der Waals surface area (Å²) < 4.78 is 5.60. The van der Waals surface area contributed by atoms with Gasteiger partial charge in [-0.05, 0) is 24.6 Å². The highest BCUT2D eigenvalue weighted by molar-refractivity contribution is 5.39. The molecule has 98 valence electrons. The normalized spacial score (nSPS) is 10.2. The molecule has 0 aliphatic carbocycles. The van der Waals surface area contributed by atoms with Crippen LogP contribution >= 0.6 is 0 Å². The van der Waals surface area contributed by atoms with Crippen LogP contribution in [-0.2, 0) is 6.54 Å². The number of benzene rings is 1. The molecule has 0 radical (unpaired) electrons. The van der Waals surface area contributed by atoms with E-state index >= 15 is 0 Å². The quantitative estimate of drug-likeness (QED) is 0.673. The number of nitrogens with two attached hydrogens (primary N) is 1. The van der Waals surface area contributed by atoms with Crippen LogP contribution in [0.2, 0.25) is 0 Å². The largest absolute Gasteiger partial charge is 0.439 e. The maximum absolute atomic E-state index is 10.6. The summed E-state index contributed by atoms with van der Waals surface area (Å²) in [7, 11) is 0. The van der Waals surface area contributed by atoms with Gasteiger partial charge in [0.25, 0.3) is 5.69 Å². The van der Waals surface area contributed by atoms with Crippen LogP contribution < -0.4 is 10.5 Å². The van der Waals surface area contributed by atoms with Crippen LogP contribution in [0.25, 0.3) is 0 Å². The van der Waals surface area contributed by atoms with Crippen LogP contribution in [0.3, 0.4) is 0 Å². The molecule has 0 atom stereocenters. The molecule has 1 aromatic carbocycles. The maximum atomic E-state index is 10.6. The zero-order chi connectivity index (χ0) is 13.8. The van der Waals surface area contributed by atoms with Crippen molar-refractivity contribution in [2.45, 2.75) is 13.5 Å². The Morgan fingerprint density at radius 1 is 1.42 bits per heavy atom. The van der Waals surface area contributed by atoms with E-state index in [1.807, 2.05) is 18.2 Å². The van der Waals surface area contributed by atoms with Crippen molar-refractivity contribution in [2.24, 2.45) is 5.73 Å². The Balaban J connectivity index is 2.25. The van der Waals surface area contributed by atoms with Crippen LogP contribution in [0.4, 0.5) is 5.69 Å². The standard InChI is InChI=1S/C13H13N3O3/c1-9-5-11(16(17)18)8-15-13(9)19-12-4-2-3-10(6-12)7-14/h2-6,8H,7,14H2,1H3. The number of nitro groups is 1. The van der Waals surface area contributed by atoms with Gasteiger partial charge in [0.05, 0.1) is 4.92 Å². The molecular formula is C13H13N3O3. The minimum absolute atomic E-state index is 0.0550. The number of hydrogen-bond acceptors (Lipinski definition) is 5. The molecule has 0 amide bonds. The lowest BCUT2D eigenvalue weighted by molar-refractivity contribution is -0.385. The molecule has 1 aromatic heterocycles. The van der Waals surface area contributed by atoms with E-state index in [0.717, 1.165) is 5.56 Å². The van der Waals surface area contributed by atoms with Gasteiger partial charge in [-0.1, -0.05) is 12.1 Å². The van der Waals surface area contributed by atoms with Crippen molar-refractivity contribution in [3.8, 4) is 11.6 Å². The Morgan fingerprint density at radius 3 is 2.84 bits per heavy atom. The van der Waals surface area contributed by atoms with Gasteiger partial charge in [0.2, 0.25) is 5.88 Å². The van der Waals surface area contributed by atoms with Gasteiger partial charge in [-0.3, -0.25) is 10.1 Å². The zero-order valence-corrected chi connectivity index (χ0v) is 10.4. The fraction of sp³-hybridized carbons (Fsp3) is 0.154. The highest BCUT2D eigenvalue weighted by Gasteiger charge is 2.11. The Morgan fingerprint density at radius 2 is 2.21 bits per heavy atom. The van der Waals surface area contributed by atoms with Gasteiger partial charge in [0.15, 0.2) is 0 Å². The third-order valence-corrected chi connectivity index (χ3v) is 2.58. The van der Waals surface area contributed by atoms with E-state index < -0.39 is 4.92 Å². The minimum atomic E-state index is -0.487. The average Bonchev–Trinajstić information content (AvgIpc) is 2.41. The lowest BCUT2D eigenvalue weighted by atomic mass is 10.2. The third-order valence-electron chi connectivity index (χ3n) is 2.58. The van der Waals surface area contributed by atoms with Crippen molar-refractivity contribution in [1.82, 2.24) is 4.98 Å². The van der Waals surface area contributed by atoms with Crippen molar-refractivity contribution in [3.05, 3.63) is 57.8 Å². The van der Waals surface area contributed by atoms with E-state index in [4.69, 9.17) is 10.5 Å². The minimum Gasteiger partial charge on any atom is -0.439 e. The van der Waals surface area contributed by atoms with Gasteiger partial charge < -0.3 is 10.5 Å². The first kappa shape index (κ1) is 13.0. The summed E-state index contributed by atoms with van der Waals surface area (Å²) in [6, 6.07) is 8.74. The second-order valence-electron chi connectivity index (χ2n) is 4.03.